The van der Waals surface area contributed by atoms with Crippen LogP contribution in [0.3, 0.4) is 0 Å². The largest absolute Gasteiger partial charge is 0.151 e. The van der Waals surface area contributed by atoms with E-state index >= 15 is 0 Å². The van der Waals surface area contributed by atoms with E-state index in [9.17, 15) is 0 Å². The molecule has 2 bridgehead atoms. The van der Waals surface area contributed by atoms with Crippen LogP contribution < -0.4 is 0 Å². The molecule has 0 N–H and O–H groups in total. The van der Waals surface area contributed by atoms with E-state index < -0.39 is 0 Å². The van der Waals surface area contributed by atoms with Gasteiger partial charge in [0.1, 0.15) is 0 Å². The first kappa shape index (κ1) is 13.7. The van der Waals surface area contributed by atoms with Crippen molar-refractivity contribution in [3.63, 3.8) is 0 Å². The lowest BCUT2D eigenvalue weighted by Crippen LogP contribution is -2.21. The fraction of sp³-hybridized carbons (Fsp3) is 0.273. The van der Waals surface area contributed by atoms with Gasteiger partial charge in [-0.15, -0.1) is 0 Å². The molecule has 2 unspecified atom stereocenters. The van der Waals surface area contributed by atoms with Crippen molar-refractivity contribution in [2.24, 2.45) is 0 Å². The third-order valence-electron chi connectivity index (χ3n) is 5.31. The van der Waals surface area contributed by atoms with Crippen LogP contribution >= 0.6 is 11.8 Å². The molecule has 2 aliphatic rings. The maximum atomic E-state index is 2.58. The summed E-state index contributed by atoms with van der Waals surface area (Å²) in [6, 6.07) is 20.1. The highest BCUT2D eigenvalue weighted by molar-refractivity contribution is 8.00. The lowest BCUT2D eigenvalue weighted by molar-refractivity contribution is 0.630. The van der Waals surface area contributed by atoms with Gasteiger partial charge in [0.15, 0.2) is 0 Å². The van der Waals surface area contributed by atoms with Crippen LogP contribution in [0.25, 0.3) is 27.1 Å². The highest BCUT2D eigenvalue weighted by atomic mass is 32.2. The molecular weight excluding hydrogens is 296 g/mol. The standard InChI is InChI=1S/C22H20S/c1-3-10-20-15(6-1)12-16-7-2-4-11-21(16)22(20)17-13-18-8-5-9-19(14-17)23-18/h1-4,6-7,10-13,18-19H,5,8-9,14H2. The summed E-state index contributed by atoms with van der Waals surface area (Å²) in [5.41, 5.74) is 3.09. The molecule has 0 aliphatic carbocycles. The van der Waals surface area contributed by atoms with E-state index in [0.29, 0.717) is 0 Å². The molecule has 5 rings (SSSR count). The van der Waals surface area contributed by atoms with E-state index in [1.807, 2.05) is 0 Å². The van der Waals surface area contributed by atoms with E-state index in [-0.39, 0.29) is 0 Å². The Hall–Kier alpha value is -1.73. The summed E-state index contributed by atoms with van der Waals surface area (Å²) in [6.45, 7) is 0. The zero-order valence-electron chi connectivity index (χ0n) is 13.2. The van der Waals surface area contributed by atoms with Gasteiger partial charge in [-0.25, -0.2) is 0 Å². The lowest BCUT2D eigenvalue weighted by atomic mass is 9.87. The van der Waals surface area contributed by atoms with Crippen molar-refractivity contribution in [1.82, 2.24) is 0 Å². The van der Waals surface area contributed by atoms with E-state index in [2.05, 4.69) is 72.4 Å². The van der Waals surface area contributed by atoms with Crippen LogP contribution in [0.5, 0.6) is 0 Å². The lowest BCUT2D eigenvalue weighted by Gasteiger charge is -2.33. The molecule has 0 aromatic heterocycles. The molecule has 0 nitrogen and oxygen atoms in total. The third kappa shape index (κ3) is 2.30. The molecule has 3 aromatic rings. The monoisotopic (exact) mass is 316 g/mol. The number of thioether (sulfide) groups is 1. The van der Waals surface area contributed by atoms with Crippen molar-refractivity contribution in [3.05, 3.63) is 66.2 Å². The van der Waals surface area contributed by atoms with Crippen molar-refractivity contribution in [3.8, 4) is 0 Å². The molecule has 114 valence electrons. The highest BCUT2D eigenvalue weighted by Crippen LogP contribution is 2.46. The van der Waals surface area contributed by atoms with Crippen molar-refractivity contribution in [1.29, 1.82) is 0 Å². The zero-order chi connectivity index (χ0) is 15.2. The van der Waals surface area contributed by atoms with E-state index in [1.165, 1.54) is 52.8 Å². The summed E-state index contributed by atoms with van der Waals surface area (Å²) >= 11 is 2.21. The normalized spacial score (nSPS) is 23.9. The maximum absolute atomic E-state index is 2.58. The third-order valence-corrected chi connectivity index (χ3v) is 6.82. The quantitative estimate of drug-likeness (QED) is 0.466. The van der Waals surface area contributed by atoms with Gasteiger partial charge in [0.25, 0.3) is 0 Å². The smallest absolute Gasteiger partial charge is 0.0235 e. The predicted molar refractivity (Wildman–Crippen MR) is 103 cm³/mol. The second-order valence-electron chi connectivity index (χ2n) is 6.82. The summed E-state index contributed by atoms with van der Waals surface area (Å²) in [5, 5.41) is 7.13. The average Bonchev–Trinajstić information content (AvgIpc) is 2.59. The second kappa shape index (κ2) is 5.42. The van der Waals surface area contributed by atoms with Gasteiger partial charge in [-0.1, -0.05) is 61.0 Å². The second-order valence-corrected chi connectivity index (χ2v) is 8.36. The van der Waals surface area contributed by atoms with Crippen LogP contribution in [0.2, 0.25) is 0 Å². The average molecular weight is 316 g/mol. The Morgan fingerprint density at radius 1 is 0.826 bits per heavy atom. The molecule has 23 heavy (non-hydrogen) atoms. The summed E-state index contributed by atoms with van der Waals surface area (Å²) in [6.07, 6.45) is 7.96. The van der Waals surface area contributed by atoms with Crippen LogP contribution in [0.1, 0.15) is 31.2 Å². The minimum atomic E-state index is 0.732. The number of benzene rings is 3. The SMILES string of the molecule is C1=C(c2c3ccccc3cc3ccccc23)CC2CCCC1S2. The summed E-state index contributed by atoms with van der Waals surface area (Å²) in [5.74, 6) is 0. The van der Waals surface area contributed by atoms with Crippen molar-refractivity contribution in [2.45, 2.75) is 36.2 Å². The van der Waals surface area contributed by atoms with Crippen molar-refractivity contribution >= 4 is 38.9 Å². The van der Waals surface area contributed by atoms with Gasteiger partial charge < -0.3 is 0 Å². The Morgan fingerprint density at radius 2 is 1.52 bits per heavy atom. The minimum absolute atomic E-state index is 0.732. The molecule has 1 heteroatoms. The van der Waals surface area contributed by atoms with Crippen LogP contribution in [0.15, 0.2) is 60.7 Å². The predicted octanol–water partition coefficient (Wildman–Crippen LogP) is 6.43. The molecule has 0 radical (unpaired) electrons. The van der Waals surface area contributed by atoms with Gasteiger partial charge in [0.05, 0.1) is 0 Å². The highest BCUT2D eigenvalue weighted by Gasteiger charge is 2.28. The Balaban J connectivity index is 1.83. The number of hydrogen-bond acceptors (Lipinski definition) is 1. The Kier molecular flexibility index (Phi) is 3.22. The van der Waals surface area contributed by atoms with Gasteiger partial charge in [0.2, 0.25) is 0 Å². The van der Waals surface area contributed by atoms with Crippen LogP contribution in [0.4, 0.5) is 0 Å². The van der Waals surface area contributed by atoms with Crippen LogP contribution in [-0.2, 0) is 0 Å². The van der Waals surface area contributed by atoms with Gasteiger partial charge in [-0.05, 0) is 58.0 Å². The van der Waals surface area contributed by atoms with Crippen molar-refractivity contribution < 1.29 is 0 Å². The van der Waals surface area contributed by atoms with E-state index in [1.54, 1.807) is 5.57 Å². The fourth-order valence-corrected chi connectivity index (χ4v) is 5.90. The summed E-state index contributed by atoms with van der Waals surface area (Å²) in [4.78, 5) is 0. The van der Waals surface area contributed by atoms with Gasteiger partial charge in [0, 0.05) is 10.5 Å². The van der Waals surface area contributed by atoms with Gasteiger partial charge in [-0.2, -0.15) is 11.8 Å². The Labute approximate surface area is 141 Å². The van der Waals surface area contributed by atoms with Gasteiger partial charge >= 0.3 is 0 Å². The molecule has 2 atom stereocenters. The first-order valence-electron chi connectivity index (χ1n) is 8.65. The molecule has 1 fully saturated rings. The number of rotatable bonds is 1. The molecular formula is C22H20S. The molecule has 0 spiro atoms. The molecule has 0 amide bonds. The van der Waals surface area contributed by atoms with Gasteiger partial charge in [-0.3, -0.25) is 0 Å². The first-order chi connectivity index (χ1) is 11.4. The van der Waals surface area contributed by atoms with E-state index in [0.717, 1.165) is 10.5 Å². The summed E-state index contributed by atoms with van der Waals surface area (Å²) in [7, 11) is 0. The molecule has 0 saturated carbocycles. The van der Waals surface area contributed by atoms with Crippen LogP contribution in [-0.4, -0.2) is 10.5 Å². The number of hydrogen-bond donors (Lipinski definition) is 0. The molecule has 3 aromatic carbocycles. The Morgan fingerprint density at radius 3 is 2.22 bits per heavy atom. The molecule has 1 saturated heterocycles. The number of fused-ring (bicyclic) bond motifs is 4. The van der Waals surface area contributed by atoms with E-state index in [4.69, 9.17) is 0 Å². The maximum Gasteiger partial charge on any atom is 0.0235 e. The zero-order valence-corrected chi connectivity index (χ0v) is 14.0. The molecule has 2 aliphatic heterocycles. The topological polar surface area (TPSA) is 0 Å². The Bertz CT molecular complexity index is 868. The summed E-state index contributed by atoms with van der Waals surface area (Å²) < 4.78 is 0. The van der Waals surface area contributed by atoms with Crippen molar-refractivity contribution in [2.75, 3.05) is 0 Å². The minimum Gasteiger partial charge on any atom is -0.151 e. The first-order valence-corrected chi connectivity index (χ1v) is 9.60. The number of allylic oxidation sites excluding steroid dienone is 1. The fourth-order valence-electron chi connectivity index (χ4n) is 4.29. The molecule has 2 heterocycles. The van der Waals surface area contributed by atoms with Crippen LogP contribution in [0, 0.1) is 0 Å².